The monoisotopic (exact) mass is 290 g/mol. The molecule has 20 heavy (non-hydrogen) atoms. The third-order valence-corrected chi connectivity index (χ3v) is 4.42. The SMILES string of the molecule is Cc1cc(C)c(C(N)=S)c(NC2CCN(C3CC3)C2)n1. The van der Waals surface area contributed by atoms with Crippen molar-refractivity contribution in [1.82, 2.24) is 9.88 Å². The Hall–Kier alpha value is -1.20. The molecule has 1 saturated carbocycles. The first-order valence-electron chi connectivity index (χ1n) is 7.33. The van der Waals surface area contributed by atoms with Gasteiger partial charge in [-0.15, -0.1) is 0 Å². The van der Waals surface area contributed by atoms with Crippen LogP contribution < -0.4 is 11.1 Å². The Balaban J connectivity index is 1.78. The fourth-order valence-corrected chi connectivity index (χ4v) is 3.38. The summed E-state index contributed by atoms with van der Waals surface area (Å²) in [7, 11) is 0. The smallest absolute Gasteiger partial charge is 0.137 e. The van der Waals surface area contributed by atoms with Gasteiger partial charge in [0.25, 0.3) is 0 Å². The highest BCUT2D eigenvalue weighted by Gasteiger charge is 2.34. The van der Waals surface area contributed by atoms with E-state index >= 15 is 0 Å². The van der Waals surface area contributed by atoms with Gasteiger partial charge < -0.3 is 11.1 Å². The maximum Gasteiger partial charge on any atom is 0.137 e. The third kappa shape index (κ3) is 2.79. The molecular weight excluding hydrogens is 268 g/mol. The number of nitrogens with two attached hydrogens (primary N) is 1. The fourth-order valence-electron chi connectivity index (χ4n) is 3.12. The topological polar surface area (TPSA) is 54.2 Å². The number of aromatic nitrogens is 1. The maximum atomic E-state index is 5.87. The van der Waals surface area contributed by atoms with E-state index in [-0.39, 0.29) is 0 Å². The highest BCUT2D eigenvalue weighted by atomic mass is 32.1. The molecule has 2 aliphatic rings. The number of pyridine rings is 1. The second-order valence-electron chi connectivity index (χ2n) is 6.02. The van der Waals surface area contributed by atoms with Crippen molar-refractivity contribution in [3.63, 3.8) is 0 Å². The van der Waals surface area contributed by atoms with E-state index in [2.05, 4.69) is 15.2 Å². The van der Waals surface area contributed by atoms with Gasteiger partial charge in [-0.2, -0.15) is 0 Å². The van der Waals surface area contributed by atoms with Gasteiger partial charge in [-0.05, 0) is 44.7 Å². The quantitative estimate of drug-likeness (QED) is 0.831. The molecule has 1 unspecified atom stereocenters. The standard InChI is InChI=1S/C15H22N4S/c1-9-7-10(2)17-15(13(9)14(16)20)18-11-5-6-19(8-11)12-3-4-12/h7,11-12H,3-6,8H2,1-2H3,(H2,16,20)(H,17,18). The van der Waals surface area contributed by atoms with Crippen LogP contribution in [0.5, 0.6) is 0 Å². The Kier molecular flexibility index (Phi) is 3.65. The van der Waals surface area contributed by atoms with Crippen LogP contribution in [0.2, 0.25) is 0 Å². The number of anilines is 1. The molecule has 1 aliphatic heterocycles. The van der Waals surface area contributed by atoms with Gasteiger partial charge in [0.1, 0.15) is 10.8 Å². The summed E-state index contributed by atoms with van der Waals surface area (Å²) in [6, 6.07) is 3.33. The molecule has 2 fully saturated rings. The summed E-state index contributed by atoms with van der Waals surface area (Å²) in [5.41, 5.74) is 8.87. The Labute approximate surface area is 125 Å². The van der Waals surface area contributed by atoms with Gasteiger partial charge >= 0.3 is 0 Å². The number of thiocarbonyl (C=S) groups is 1. The van der Waals surface area contributed by atoms with Crippen LogP contribution in [-0.2, 0) is 0 Å². The number of hydrogen-bond acceptors (Lipinski definition) is 4. The lowest BCUT2D eigenvalue weighted by atomic mass is 10.1. The van der Waals surface area contributed by atoms with E-state index in [1.807, 2.05) is 19.9 Å². The predicted molar refractivity (Wildman–Crippen MR) is 86.2 cm³/mol. The van der Waals surface area contributed by atoms with E-state index < -0.39 is 0 Å². The number of aryl methyl sites for hydroxylation is 2. The molecule has 5 heteroatoms. The largest absolute Gasteiger partial charge is 0.389 e. The number of rotatable bonds is 4. The minimum absolute atomic E-state index is 0.426. The zero-order chi connectivity index (χ0) is 14.3. The zero-order valence-electron chi connectivity index (χ0n) is 12.1. The van der Waals surface area contributed by atoms with E-state index in [1.165, 1.54) is 25.8 Å². The number of hydrogen-bond donors (Lipinski definition) is 2. The molecule has 0 radical (unpaired) electrons. The summed E-state index contributed by atoms with van der Waals surface area (Å²) >= 11 is 5.18. The van der Waals surface area contributed by atoms with Gasteiger partial charge in [0, 0.05) is 30.9 Å². The van der Waals surface area contributed by atoms with Crippen LogP contribution in [0.3, 0.4) is 0 Å². The minimum Gasteiger partial charge on any atom is -0.389 e. The lowest BCUT2D eigenvalue weighted by Crippen LogP contribution is -2.29. The van der Waals surface area contributed by atoms with Crippen molar-refractivity contribution in [1.29, 1.82) is 0 Å². The molecule has 3 N–H and O–H groups in total. The van der Waals surface area contributed by atoms with Crippen molar-refractivity contribution in [3.05, 3.63) is 22.9 Å². The summed E-state index contributed by atoms with van der Waals surface area (Å²) in [5.74, 6) is 0.859. The van der Waals surface area contributed by atoms with E-state index in [1.54, 1.807) is 0 Å². The van der Waals surface area contributed by atoms with Crippen LogP contribution in [0.25, 0.3) is 0 Å². The maximum absolute atomic E-state index is 5.87. The molecule has 0 bridgehead atoms. The van der Waals surface area contributed by atoms with Crippen LogP contribution in [-0.4, -0.2) is 40.0 Å². The second kappa shape index (κ2) is 5.30. The van der Waals surface area contributed by atoms with E-state index in [9.17, 15) is 0 Å². The van der Waals surface area contributed by atoms with Crippen molar-refractivity contribution in [2.24, 2.45) is 5.73 Å². The third-order valence-electron chi connectivity index (χ3n) is 4.21. The molecular formula is C15H22N4S. The normalized spacial score (nSPS) is 23.0. The van der Waals surface area contributed by atoms with Crippen LogP contribution in [0.15, 0.2) is 6.07 Å². The molecule has 1 aromatic rings. The first-order valence-corrected chi connectivity index (χ1v) is 7.74. The Morgan fingerprint density at radius 1 is 1.40 bits per heavy atom. The highest BCUT2D eigenvalue weighted by Crippen LogP contribution is 2.31. The molecule has 2 heterocycles. The lowest BCUT2D eigenvalue weighted by molar-refractivity contribution is 0.326. The first-order chi connectivity index (χ1) is 9.54. The molecule has 0 amide bonds. The van der Waals surface area contributed by atoms with E-state index in [4.69, 9.17) is 18.0 Å². The molecule has 3 rings (SSSR count). The van der Waals surface area contributed by atoms with E-state index in [0.29, 0.717) is 11.0 Å². The molecule has 1 atom stereocenters. The molecule has 1 aliphatic carbocycles. The van der Waals surface area contributed by atoms with Crippen LogP contribution in [0, 0.1) is 13.8 Å². The summed E-state index contributed by atoms with van der Waals surface area (Å²) in [4.78, 5) is 7.62. The highest BCUT2D eigenvalue weighted by molar-refractivity contribution is 7.80. The van der Waals surface area contributed by atoms with Gasteiger partial charge in [0.2, 0.25) is 0 Å². The average Bonchev–Trinajstić information content (AvgIpc) is 3.09. The minimum atomic E-state index is 0.426. The number of nitrogens with one attached hydrogen (secondary N) is 1. The van der Waals surface area contributed by atoms with Gasteiger partial charge in [0.05, 0.1) is 5.56 Å². The predicted octanol–water partition coefficient (Wildman–Crippen LogP) is 1.98. The fraction of sp³-hybridized carbons (Fsp3) is 0.600. The molecule has 108 valence electrons. The molecule has 0 aromatic carbocycles. The zero-order valence-corrected chi connectivity index (χ0v) is 13.0. The van der Waals surface area contributed by atoms with Gasteiger partial charge in [0.15, 0.2) is 0 Å². The summed E-state index contributed by atoms with van der Waals surface area (Å²) in [5, 5.41) is 3.56. The Morgan fingerprint density at radius 2 is 2.15 bits per heavy atom. The van der Waals surface area contributed by atoms with Gasteiger partial charge in [-0.3, -0.25) is 4.90 Å². The summed E-state index contributed by atoms with van der Waals surface area (Å²) in [6.07, 6.45) is 3.90. The van der Waals surface area contributed by atoms with Gasteiger partial charge in [-0.1, -0.05) is 12.2 Å². The molecule has 1 aromatic heterocycles. The Morgan fingerprint density at radius 3 is 2.80 bits per heavy atom. The molecule has 1 saturated heterocycles. The summed E-state index contributed by atoms with van der Waals surface area (Å²) < 4.78 is 0. The second-order valence-corrected chi connectivity index (χ2v) is 6.46. The van der Waals surface area contributed by atoms with Crippen LogP contribution in [0.1, 0.15) is 36.1 Å². The molecule has 0 spiro atoms. The van der Waals surface area contributed by atoms with Gasteiger partial charge in [-0.25, -0.2) is 4.98 Å². The number of nitrogens with zero attached hydrogens (tertiary/aromatic N) is 2. The first kappa shape index (κ1) is 13.8. The van der Waals surface area contributed by atoms with Crippen molar-refractivity contribution in [2.75, 3.05) is 18.4 Å². The number of likely N-dealkylation sites (tertiary alicyclic amines) is 1. The molecule has 4 nitrogen and oxygen atoms in total. The Bertz CT molecular complexity index is 539. The van der Waals surface area contributed by atoms with Crippen LogP contribution in [0.4, 0.5) is 5.82 Å². The van der Waals surface area contributed by atoms with Crippen molar-refractivity contribution in [3.8, 4) is 0 Å². The van der Waals surface area contributed by atoms with Crippen molar-refractivity contribution < 1.29 is 0 Å². The van der Waals surface area contributed by atoms with E-state index in [0.717, 1.165) is 35.2 Å². The van der Waals surface area contributed by atoms with Crippen molar-refractivity contribution in [2.45, 2.75) is 45.2 Å². The summed E-state index contributed by atoms with van der Waals surface area (Å²) in [6.45, 7) is 6.35. The lowest BCUT2D eigenvalue weighted by Gasteiger charge is -2.19. The van der Waals surface area contributed by atoms with Crippen LogP contribution >= 0.6 is 12.2 Å². The average molecular weight is 290 g/mol. The van der Waals surface area contributed by atoms with Crippen molar-refractivity contribution >= 4 is 23.0 Å².